The van der Waals surface area contributed by atoms with Crippen LogP contribution in [-0.4, -0.2) is 169 Å². The Bertz CT molecular complexity index is 3290. The monoisotopic (exact) mass is 1150 g/mol. The Kier molecular flexibility index (Phi) is 14.3. The molecule has 2 aromatic heterocycles. The molecule has 0 saturated carbocycles. The predicted molar refractivity (Wildman–Crippen MR) is 323 cm³/mol. The zero-order chi connectivity index (χ0) is 57.0. The minimum atomic E-state index is -0.403. The first-order valence-corrected chi connectivity index (χ1v) is 30.4. The number of likely N-dealkylation sites (tertiary alicyclic amines) is 1. The van der Waals surface area contributed by atoms with Crippen molar-refractivity contribution in [1.82, 2.24) is 34.4 Å². The Morgan fingerprint density at radius 2 is 0.647 bits per heavy atom. The van der Waals surface area contributed by atoms with Crippen LogP contribution in [0.5, 0.6) is 0 Å². The van der Waals surface area contributed by atoms with Gasteiger partial charge < -0.3 is 65.1 Å². The highest BCUT2D eigenvalue weighted by Gasteiger charge is 2.45. The third kappa shape index (κ3) is 10.8. The van der Waals surface area contributed by atoms with E-state index in [1.165, 1.54) is 0 Å². The van der Waals surface area contributed by atoms with Crippen LogP contribution in [0.15, 0.2) is 97.1 Å². The largest absolute Gasteiger partial charge is 0.377 e. The van der Waals surface area contributed by atoms with E-state index in [9.17, 15) is 14.4 Å². The third-order valence-corrected chi connectivity index (χ3v) is 18.9. The van der Waals surface area contributed by atoms with Gasteiger partial charge in [-0.25, -0.2) is 9.59 Å². The fourth-order valence-electron chi connectivity index (χ4n) is 14.7. The lowest BCUT2D eigenvalue weighted by Crippen LogP contribution is -2.51. The number of rotatable bonds is 14. The van der Waals surface area contributed by atoms with Crippen LogP contribution < -0.4 is 50.7 Å². The van der Waals surface area contributed by atoms with E-state index in [4.69, 9.17) is 48.9 Å². The molecule has 440 valence electrons. The molecule has 23 nitrogen and oxygen atoms in total. The van der Waals surface area contributed by atoms with Gasteiger partial charge in [0.1, 0.15) is 5.69 Å². The summed E-state index contributed by atoms with van der Waals surface area (Å²) in [7, 11) is 0. The number of aromatic nitrogens is 6. The molecule has 9 aliphatic rings. The van der Waals surface area contributed by atoms with Gasteiger partial charge in [0.2, 0.25) is 23.8 Å². The quantitative estimate of drug-likeness (QED) is 0.0652. The molecule has 11 heterocycles. The lowest BCUT2D eigenvalue weighted by molar-refractivity contribution is -0.116. The SMILES string of the molecule is O=C(C[N+]1(c2ccc(NC(=O)Nc3ccc(-c4nc(N5C6CCC5COC6)nc(N5C6CCC5COC6)n4)cc3)cc2)CCCC1)Nc1ccc(NC(=O)Nc2ccc(-c3nc(N4C5CCC4COC5)nc(N4C5CCC4COC5)n3)cc2)cc1. The number of morpholine rings is 4. The van der Waals surface area contributed by atoms with Gasteiger partial charge in [-0.1, -0.05) is 0 Å². The van der Waals surface area contributed by atoms with Crippen LogP contribution >= 0.6 is 0 Å². The second-order valence-corrected chi connectivity index (χ2v) is 24.3. The van der Waals surface area contributed by atoms with Gasteiger partial charge in [0.15, 0.2) is 18.2 Å². The van der Waals surface area contributed by atoms with E-state index in [-0.39, 0.29) is 66.8 Å². The zero-order valence-electron chi connectivity index (χ0n) is 47.5. The van der Waals surface area contributed by atoms with Crippen LogP contribution in [0.3, 0.4) is 0 Å². The fraction of sp³-hybridized carbons (Fsp3) is 0.468. The standard InChI is InChI=1S/C62H70N16O7/c79-54(63-40-11-13-43(14-12-40)66-61(80)64-41-7-3-38(4-8-41)55-68-57(74-45-17-18-46(74)31-82-30-45)72-58(69-55)75-47-19-20-48(75)33-83-32-47)29-78(27-1-2-28-78)53-25-15-44(16-26-53)67-62(81)65-42-9-5-39(6-10-42)56-70-59(76-49-21-22-50(76)35-84-34-49)73-60(71-56)77-51-23-24-52(77)37-85-36-51/h3-16,25-26,45-52H,1-2,17-24,27-37H2,(H4-,63,64,65,66,67,68,69,70,71,72,73,79,80,81)/p+1. The highest BCUT2D eigenvalue weighted by Crippen LogP contribution is 2.40. The van der Waals surface area contributed by atoms with Gasteiger partial charge in [0, 0.05) is 64.5 Å². The summed E-state index contributed by atoms with van der Waals surface area (Å²) in [4.78, 5) is 80.1. The van der Waals surface area contributed by atoms with E-state index in [0.717, 1.165) is 94.1 Å². The highest BCUT2D eigenvalue weighted by molar-refractivity contribution is 6.01. The smallest absolute Gasteiger partial charge is 0.323 e. The number of anilines is 9. The van der Waals surface area contributed by atoms with E-state index in [1.54, 1.807) is 24.3 Å². The predicted octanol–water partition coefficient (Wildman–Crippen LogP) is 7.89. The zero-order valence-corrected chi connectivity index (χ0v) is 47.5. The summed E-state index contributed by atoms with van der Waals surface area (Å²) in [5, 5.41) is 14.9. The van der Waals surface area contributed by atoms with E-state index < -0.39 is 6.03 Å². The number of hydrogen-bond donors (Lipinski definition) is 5. The molecule has 85 heavy (non-hydrogen) atoms. The van der Waals surface area contributed by atoms with Crippen molar-refractivity contribution >= 4 is 75.9 Å². The lowest BCUT2D eigenvalue weighted by atomic mass is 10.2. The van der Waals surface area contributed by atoms with Gasteiger partial charge >= 0.3 is 12.1 Å². The fourth-order valence-corrected chi connectivity index (χ4v) is 14.7. The maximum Gasteiger partial charge on any atom is 0.323 e. The number of amides is 5. The number of benzene rings is 4. The molecule has 4 aromatic carbocycles. The average Bonchev–Trinajstić information content (AvgIpc) is 2.54. The van der Waals surface area contributed by atoms with Gasteiger partial charge in [-0.2, -0.15) is 29.9 Å². The minimum Gasteiger partial charge on any atom is -0.377 e. The number of fused-ring (bicyclic) bond motifs is 8. The van der Waals surface area contributed by atoms with Crippen molar-refractivity contribution in [2.75, 3.05) is 119 Å². The van der Waals surface area contributed by atoms with E-state index in [0.29, 0.717) is 121 Å². The Hall–Kier alpha value is -8.09. The van der Waals surface area contributed by atoms with Crippen molar-refractivity contribution < 1.29 is 33.3 Å². The van der Waals surface area contributed by atoms with Gasteiger partial charge in [0.05, 0.1) is 114 Å². The summed E-state index contributed by atoms with van der Waals surface area (Å²) in [6.45, 7) is 7.25. The minimum absolute atomic E-state index is 0.119. The molecule has 15 rings (SSSR count). The first-order valence-electron chi connectivity index (χ1n) is 30.4. The molecule has 9 aliphatic heterocycles. The Labute approximate surface area is 492 Å². The first-order chi connectivity index (χ1) is 41.7. The summed E-state index contributed by atoms with van der Waals surface area (Å²) in [5.74, 6) is 3.85. The number of quaternary nitrogens is 1. The Balaban J connectivity index is 0.548. The molecule has 0 spiro atoms. The van der Waals surface area contributed by atoms with Gasteiger partial charge in [0.25, 0.3) is 5.91 Å². The van der Waals surface area contributed by atoms with Crippen molar-refractivity contribution in [1.29, 1.82) is 0 Å². The second-order valence-electron chi connectivity index (χ2n) is 24.3. The number of urea groups is 2. The van der Waals surface area contributed by atoms with Crippen molar-refractivity contribution in [3.8, 4) is 22.8 Å². The number of hydrogen-bond acceptors (Lipinski definition) is 17. The van der Waals surface area contributed by atoms with E-state index in [2.05, 4.69) is 46.2 Å². The molecule has 9 fully saturated rings. The molecular formula is C62H71N16O7+. The molecule has 8 unspecified atom stereocenters. The number of nitrogens with one attached hydrogen (secondary N) is 5. The van der Waals surface area contributed by atoms with Crippen molar-refractivity contribution in [2.24, 2.45) is 0 Å². The molecule has 8 bridgehead atoms. The lowest BCUT2D eigenvalue weighted by Gasteiger charge is -2.37. The van der Waals surface area contributed by atoms with Crippen molar-refractivity contribution in [2.45, 2.75) is 113 Å². The molecule has 8 atom stereocenters. The molecule has 5 amide bonds. The highest BCUT2D eigenvalue weighted by atomic mass is 16.5. The van der Waals surface area contributed by atoms with Gasteiger partial charge in [-0.05, 0) is 136 Å². The van der Waals surface area contributed by atoms with Crippen LogP contribution in [0.1, 0.15) is 64.2 Å². The molecule has 5 N–H and O–H groups in total. The summed E-state index contributed by atoms with van der Waals surface area (Å²) in [6, 6.07) is 31.2. The maximum atomic E-state index is 13.7. The van der Waals surface area contributed by atoms with Crippen LogP contribution in [0.25, 0.3) is 22.8 Å². The molecular weight excluding hydrogens is 1080 g/mol. The Morgan fingerprint density at radius 1 is 0.376 bits per heavy atom. The molecule has 0 aliphatic carbocycles. The van der Waals surface area contributed by atoms with Crippen LogP contribution in [0, 0.1) is 0 Å². The third-order valence-electron chi connectivity index (χ3n) is 18.9. The summed E-state index contributed by atoms with van der Waals surface area (Å²) in [6.07, 6.45) is 10.4. The van der Waals surface area contributed by atoms with Crippen molar-refractivity contribution in [3.63, 3.8) is 0 Å². The van der Waals surface area contributed by atoms with E-state index in [1.807, 2.05) is 72.8 Å². The van der Waals surface area contributed by atoms with E-state index >= 15 is 0 Å². The topological polar surface area (TPSA) is 239 Å². The number of ether oxygens (including phenoxy) is 4. The number of carbonyl (C=O) groups is 3. The van der Waals surface area contributed by atoms with Gasteiger partial charge in [-0.3, -0.25) is 9.28 Å². The summed E-state index contributed by atoms with van der Waals surface area (Å²) >= 11 is 0. The first kappa shape index (κ1) is 53.6. The number of nitrogens with zero attached hydrogens (tertiary/aromatic N) is 11. The van der Waals surface area contributed by atoms with Crippen molar-refractivity contribution in [3.05, 3.63) is 97.1 Å². The normalized spacial score (nSPS) is 26.1. The molecule has 0 radical (unpaired) electrons. The average molecular weight is 1150 g/mol. The Morgan fingerprint density at radius 3 is 0.953 bits per heavy atom. The summed E-state index contributed by atoms with van der Waals surface area (Å²) in [5.41, 5.74) is 5.71. The molecule has 23 heteroatoms. The summed E-state index contributed by atoms with van der Waals surface area (Å²) < 4.78 is 24.1. The van der Waals surface area contributed by atoms with Crippen LogP contribution in [-0.2, 0) is 23.7 Å². The van der Waals surface area contributed by atoms with Crippen LogP contribution in [0.2, 0.25) is 0 Å². The number of carbonyl (C=O) groups excluding carboxylic acids is 3. The van der Waals surface area contributed by atoms with Gasteiger partial charge in [-0.15, -0.1) is 0 Å². The second kappa shape index (κ2) is 22.7. The molecule has 6 aromatic rings. The van der Waals surface area contributed by atoms with Crippen LogP contribution in [0.4, 0.5) is 67.5 Å². The maximum absolute atomic E-state index is 13.7. The molecule has 9 saturated heterocycles.